The Hall–Kier alpha value is -0.830. The van der Waals surface area contributed by atoms with Gasteiger partial charge in [0.25, 0.3) is 0 Å². The van der Waals surface area contributed by atoms with E-state index in [1.165, 1.54) is 6.08 Å². The van der Waals surface area contributed by atoms with Crippen molar-refractivity contribution >= 4 is 5.97 Å². The molecule has 0 spiro atoms. The zero-order chi connectivity index (χ0) is 8.27. The number of hydrogen-bond donors (Lipinski definition) is 0. The third-order valence-electron chi connectivity index (χ3n) is 1.60. The molecule has 3 nitrogen and oxygen atoms in total. The van der Waals surface area contributed by atoms with Gasteiger partial charge in [-0.15, -0.1) is 5.06 Å². The van der Waals surface area contributed by atoms with Crippen LogP contribution in [0, 0.1) is 0 Å². The quantitative estimate of drug-likeness (QED) is 0.451. The molecular formula is C8H13NO2. The van der Waals surface area contributed by atoms with Gasteiger partial charge in [0.05, 0.1) is 0 Å². The fraction of sp³-hybridized carbons (Fsp3) is 0.625. The van der Waals surface area contributed by atoms with Crippen LogP contribution in [0.2, 0.25) is 0 Å². The lowest BCUT2D eigenvalue weighted by atomic mass is 10.5. The number of nitrogens with zero attached hydrogens (tertiary/aromatic N) is 1. The van der Waals surface area contributed by atoms with Gasteiger partial charge in [-0.05, 0) is 19.8 Å². The summed E-state index contributed by atoms with van der Waals surface area (Å²) >= 11 is 0. The molecule has 1 saturated carbocycles. The molecule has 3 heteroatoms. The van der Waals surface area contributed by atoms with Crippen molar-refractivity contribution in [3.63, 3.8) is 0 Å². The number of hydrogen-bond acceptors (Lipinski definition) is 3. The topological polar surface area (TPSA) is 29.5 Å². The SMILES string of the molecule is CC=CC(=O)ON(C)C1CC1. The Morgan fingerprint density at radius 3 is 2.73 bits per heavy atom. The molecule has 0 heterocycles. The first-order valence-corrected chi connectivity index (χ1v) is 3.81. The van der Waals surface area contributed by atoms with Crippen LogP contribution in [0.4, 0.5) is 0 Å². The largest absolute Gasteiger partial charge is 0.364 e. The lowest BCUT2D eigenvalue weighted by molar-refractivity contribution is -0.179. The van der Waals surface area contributed by atoms with Crippen LogP contribution in [-0.2, 0) is 9.63 Å². The van der Waals surface area contributed by atoms with Crippen LogP contribution >= 0.6 is 0 Å². The zero-order valence-electron chi connectivity index (χ0n) is 6.91. The molecule has 0 aliphatic heterocycles. The maximum atomic E-state index is 10.8. The second-order valence-electron chi connectivity index (χ2n) is 2.69. The Morgan fingerprint density at radius 2 is 2.27 bits per heavy atom. The van der Waals surface area contributed by atoms with E-state index < -0.39 is 0 Å². The Morgan fingerprint density at radius 1 is 1.64 bits per heavy atom. The lowest BCUT2D eigenvalue weighted by Gasteiger charge is -2.12. The van der Waals surface area contributed by atoms with E-state index in [-0.39, 0.29) is 5.97 Å². The molecule has 0 aromatic rings. The van der Waals surface area contributed by atoms with Crippen molar-refractivity contribution in [3.05, 3.63) is 12.2 Å². The van der Waals surface area contributed by atoms with Gasteiger partial charge in [-0.3, -0.25) is 0 Å². The van der Waals surface area contributed by atoms with E-state index >= 15 is 0 Å². The minimum absolute atomic E-state index is 0.290. The number of allylic oxidation sites excluding steroid dienone is 1. The van der Waals surface area contributed by atoms with Gasteiger partial charge >= 0.3 is 5.97 Å². The van der Waals surface area contributed by atoms with E-state index in [9.17, 15) is 4.79 Å². The lowest BCUT2D eigenvalue weighted by Crippen LogP contribution is -2.24. The van der Waals surface area contributed by atoms with Gasteiger partial charge in [0.2, 0.25) is 0 Å². The first-order chi connectivity index (χ1) is 5.24. The van der Waals surface area contributed by atoms with Crippen LogP contribution in [0.3, 0.4) is 0 Å². The Labute approximate surface area is 66.6 Å². The highest BCUT2D eigenvalue weighted by Gasteiger charge is 2.28. The van der Waals surface area contributed by atoms with E-state index in [0.29, 0.717) is 6.04 Å². The van der Waals surface area contributed by atoms with Crippen molar-refractivity contribution in [1.29, 1.82) is 0 Å². The molecule has 0 bridgehead atoms. The normalized spacial score (nSPS) is 17.7. The molecule has 62 valence electrons. The number of hydroxylamine groups is 2. The smallest absolute Gasteiger partial charge is 0.349 e. The molecule has 1 aliphatic carbocycles. The highest BCUT2D eigenvalue weighted by Crippen LogP contribution is 2.25. The van der Waals surface area contributed by atoms with Crippen LogP contribution in [-0.4, -0.2) is 24.1 Å². The van der Waals surface area contributed by atoms with Gasteiger partial charge in [-0.1, -0.05) is 6.08 Å². The number of carbonyl (C=O) groups excluding carboxylic acids is 1. The molecule has 0 unspecified atom stereocenters. The molecule has 0 radical (unpaired) electrons. The van der Waals surface area contributed by atoms with Gasteiger partial charge in [-0.25, -0.2) is 4.79 Å². The Balaban J connectivity index is 2.22. The summed E-state index contributed by atoms with van der Waals surface area (Å²) in [6.07, 6.45) is 5.36. The summed E-state index contributed by atoms with van der Waals surface area (Å²) in [5, 5.41) is 1.63. The summed E-state index contributed by atoms with van der Waals surface area (Å²) in [7, 11) is 1.79. The average Bonchev–Trinajstić information content (AvgIpc) is 2.67. The molecule has 1 aliphatic rings. The number of carbonyl (C=O) groups is 1. The Bertz CT molecular complexity index is 173. The molecule has 0 N–H and O–H groups in total. The molecule has 0 aromatic heterocycles. The van der Waals surface area contributed by atoms with Crippen LogP contribution in [0.15, 0.2) is 12.2 Å². The average molecular weight is 155 g/mol. The molecule has 0 aromatic carbocycles. The molecule has 1 fully saturated rings. The standard InChI is InChI=1S/C8H13NO2/c1-3-4-8(10)11-9(2)7-5-6-7/h3-4,7H,5-6H2,1-2H3. The van der Waals surface area contributed by atoms with Crippen molar-refractivity contribution in [3.8, 4) is 0 Å². The predicted octanol–water partition coefficient (Wildman–Crippen LogP) is 1.11. The van der Waals surface area contributed by atoms with Gasteiger partial charge in [0.1, 0.15) is 0 Å². The fourth-order valence-corrected chi connectivity index (χ4v) is 0.821. The third-order valence-corrected chi connectivity index (χ3v) is 1.60. The van der Waals surface area contributed by atoms with Crippen molar-refractivity contribution in [2.24, 2.45) is 0 Å². The van der Waals surface area contributed by atoms with Gasteiger partial charge in [-0.2, -0.15) is 0 Å². The zero-order valence-corrected chi connectivity index (χ0v) is 6.91. The van der Waals surface area contributed by atoms with Crippen LogP contribution in [0.25, 0.3) is 0 Å². The monoisotopic (exact) mass is 155 g/mol. The highest BCUT2D eigenvalue weighted by molar-refractivity contribution is 5.81. The Kier molecular flexibility index (Phi) is 2.65. The summed E-state index contributed by atoms with van der Waals surface area (Å²) in [6, 6.07) is 0.462. The summed E-state index contributed by atoms with van der Waals surface area (Å²) in [5.41, 5.74) is 0. The van der Waals surface area contributed by atoms with Crippen LogP contribution in [0.5, 0.6) is 0 Å². The molecule has 0 amide bonds. The van der Waals surface area contributed by atoms with Gasteiger partial charge < -0.3 is 4.84 Å². The van der Waals surface area contributed by atoms with E-state index in [0.717, 1.165) is 12.8 Å². The van der Waals surface area contributed by atoms with Crippen molar-refractivity contribution in [2.45, 2.75) is 25.8 Å². The second-order valence-corrected chi connectivity index (χ2v) is 2.69. The van der Waals surface area contributed by atoms with E-state index in [1.807, 2.05) is 0 Å². The summed E-state index contributed by atoms with van der Waals surface area (Å²) in [6.45, 7) is 1.79. The highest BCUT2D eigenvalue weighted by atomic mass is 16.7. The minimum atomic E-state index is -0.290. The summed E-state index contributed by atoms with van der Waals surface area (Å²) in [4.78, 5) is 15.8. The maximum Gasteiger partial charge on any atom is 0.349 e. The first kappa shape index (κ1) is 8.27. The van der Waals surface area contributed by atoms with Gasteiger partial charge in [0, 0.05) is 19.2 Å². The van der Waals surface area contributed by atoms with E-state index in [1.54, 1.807) is 25.1 Å². The molecule has 0 saturated heterocycles. The molecule has 0 atom stereocenters. The maximum absolute atomic E-state index is 10.8. The number of rotatable bonds is 3. The van der Waals surface area contributed by atoms with Crippen LogP contribution in [0.1, 0.15) is 19.8 Å². The van der Waals surface area contributed by atoms with Crippen molar-refractivity contribution in [2.75, 3.05) is 7.05 Å². The summed E-state index contributed by atoms with van der Waals surface area (Å²) < 4.78 is 0. The second kappa shape index (κ2) is 3.53. The predicted molar refractivity (Wildman–Crippen MR) is 41.7 cm³/mol. The first-order valence-electron chi connectivity index (χ1n) is 3.81. The minimum Gasteiger partial charge on any atom is -0.364 e. The molecule has 1 rings (SSSR count). The van der Waals surface area contributed by atoms with E-state index in [2.05, 4.69) is 0 Å². The summed E-state index contributed by atoms with van der Waals surface area (Å²) in [5.74, 6) is -0.290. The molecule has 11 heavy (non-hydrogen) atoms. The van der Waals surface area contributed by atoms with Crippen molar-refractivity contribution < 1.29 is 9.63 Å². The van der Waals surface area contributed by atoms with Crippen LogP contribution < -0.4 is 0 Å². The van der Waals surface area contributed by atoms with Crippen molar-refractivity contribution in [1.82, 2.24) is 5.06 Å². The third kappa shape index (κ3) is 2.72. The fourth-order valence-electron chi connectivity index (χ4n) is 0.821. The molecular weight excluding hydrogens is 142 g/mol. The van der Waals surface area contributed by atoms with E-state index in [4.69, 9.17) is 4.84 Å². The van der Waals surface area contributed by atoms with Gasteiger partial charge in [0.15, 0.2) is 0 Å².